The molecule has 3 rings (SSSR count). The Morgan fingerprint density at radius 3 is 2.13 bits per heavy atom. The molecule has 3 aromatic rings. The summed E-state index contributed by atoms with van der Waals surface area (Å²) < 4.78 is 32.9. The molecule has 0 spiro atoms. The van der Waals surface area contributed by atoms with Crippen molar-refractivity contribution in [3.05, 3.63) is 89.5 Å². The van der Waals surface area contributed by atoms with Crippen LogP contribution in [0.2, 0.25) is 0 Å². The fraction of sp³-hybridized carbons (Fsp3) is 0.125. The lowest BCUT2D eigenvalue weighted by molar-refractivity contribution is -0.111. The van der Waals surface area contributed by atoms with Crippen molar-refractivity contribution in [2.45, 2.75) is 18.7 Å². The molecule has 0 aliphatic rings. The predicted molar refractivity (Wildman–Crippen MR) is 124 cm³/mol. The third-order valence-electron chi connectivity index (χ3n) is 4.73. The van der Waals surface area contributed by atoms with Crippen molar-refractivity contribution in [3.8, 4) is 5.75 Å². The van der Waals surface area contributed by atoms with Crippen LogP contribution in [0.15, 0.2) is 77.7 Å². The van der Waals surface area contributed by atoms with Crippen molar-refractivity contribution in [1.82, 2.24) is 0 Å². The largest absolute Gasteiger partial charge is 0.497 e. The van der Waals surface area contributed by atoms with E-state index in [0.717, 1.165) is 22.4 Å². The van der Waals surface area contributed by atoms with Gasteiger partial charge in [0.1, 0.15) is 5.75 Å². The number of anilines is 2. The molecule has 0 aromatic heterocycles. The number of benzene rings is 3. The summed E-state index contributed by atoms with van der Waals surface area (Å²) in [6, 6.07) is 18.7. The Bertz CT molecular complexity index is 1200. The second-order valence-electron chi connectivity index (χ2n) is 7.02. The zero-order valence-corrected chi connectivity index (χ0v) is 18.4. The molecule has 0 aliphatic carbocycles. The highest BCUT2D eigenvalue weighted by atomic mass is 32.2. The third kappa shape index (κ3) is 5.96. The zero-order valence-electron chi connectivity index (χ0n) is 17.5. The Labute approximate surface area is 182 Å². The van der Waals surface area contributed by atoms with E-state index in [1.165, 1.54) is 18.2 Å². The average molecular weight is 437 g/mol. The highest BCUT2D eigenvalue weighted by Gasteiger charge is 2.14. The van der Waals surface area contributed by atoms with Gasteiger partial charge in [0.2, 0.25) is 5.91 Å². The minimum atomic E-state index is -3.73. The van der Waals surface area contributed by atoms with Crippen LogP contribution >= 0.6 is 0 Å². The molecule has 3 aromatic carbocycles. The van der Waals surface area contributed by atoms with Gasteiger partial charge in [0, 0.05) is 17.5 Å². The molecular formula is C24H24N2O4S. The average Bonchev–Trinajstić information content (AvgIpc) is 2.75. The number of carbonyl (C=O) groups is 1. The molecule has 0 bridgehead atoms. The van der Waals surface area contributed by atoms with Crippen molar-refractivity contribution < 1.29 is 17.9 Å². The van der Waals surface area contributed by atoms with Gasteiger partial charge in [-0.25, -0.2) is 8.42 Å². The minimum absolute atomic E-state index is 0.109. The van der Waals surface area contributed by atoms with E-state index in [-0.39, 0.29) is 10.8 Å². The van der Waals surface area contributed by atoms with E-state index < -0.39 is 10.0 Å². The van der Waals surface area contributed by atoms with Gasteiger partial charge in [-0.2, -0.15) is 0 Å². The van der Waals surface area contributed by atoms with Gasteiger partial charge in [-0.05, 0) is 85.1 Å². The van der Waals surface area contributed by atoms with Gasteiger partial charge in [0.15, 0.2) is 0 Å². The molecule has 7 heteroatoms. The molecule has 0 unspecified atom stereocenters. The molecule has 0 heterocycles. The van der Waals surface area contributed by atoms with Crippen LogP contribution in [-0.4, -0.2) is 21.4 Å². The number of aryl methyl sites for hydroxylation is 2. The molecule has 0 radical (unpaired) electrons. The van der Waals surface area contributed by atoms with Crippen LogP contribution in [0.3, 0.4) is 0 Å². The van der Waals surface area contributed by atoms with Crippen LogP contribution in [0.4, 0.5) is 11.4 Å². The fourth-order valence-corrected chi connectivity index (χ4v) is 3.86. The van der Waals surface area contributed by atoms with Gasteiger partial charge in [-0.3, -0.25) is 9.52 Å². The van der Waals surface area contributed by atoms with E-state index in [1.807, 2.05) is 44.2 Å². The van der Waals surface area contributed by atoms with Gasteiger partial charge in [-0.1, -0.05) is 18.2 Å². The monoisotopic (exact) mass is 436 g/mol. The first kappa shape index (κ1) is 22.1. The van der Waals surface area contributed by atoms with E-state index in [0.29, 0.717) is 11.4 Å². The maximum absolute atomic E-state index is 12.6. The third-order valence-corrected chi connectivity index (χ3v) is 6.13. The summed E-state index contributed by atoms with van der Waals surface area (Å²) in [5.41, 5.74) is 3.94. The summed E-state index contributed by atoms with van der Waals surface area (Å²) in [5, 5.41) is 2.71. The van der Waals surface area contributed by atoms with E-state index >= 15 is 0 Å². The summed E-state index contributed by atoms with van der Waals surface area (Å²) in [6.45, 7) is 3.89. The number of carbonyl (C=O) groups excluding carboxylic acids is 1. The molecule has 0 fully saturated rings. The van der Waals surface area contributed by atoms with Crippen molar-refractivity contribution in [2.75, 3.05) is 17.1 Å². The van der Waals surface area contributed by atoms with Crippen LogP contribution < -0.4 is 14.8 Å². The maximum atomic E-state index is 12.6. The van der Waals surface area contributed by atoms with Gasteiger partial charge < -0.3 is 10.1 Å². The number of hydrogen-bond acceptors (Lipinski definition) is 4. The Morgan fingerprint density at radius 2 is 1.52 bits per heavy atom. The SMILES string of the molecule is COc1ccc(/C=C/C(=O)Nc2ccc(S(=O)(=O)Nc3ccc(C)c(C)c3)cc2)cc1. The predicted octanol–water partition coefficient (Wildman–Crippen LogP) is 4.76. The molecule has 0 aliphatic heterocycles. The number of rotatable bonds is 7. The van der Waals surface area contributed by atoms with Gasteiger partial charge in [0.05, 0.1) is 12.0 Å². The smallest absolute Gasteiger partial charge is 0.261 e. The number of methoxy groups -OCH3 is 1. The van der Waals surface area contributed by atoms with Gasteiger partial charge in [-0.15, -0.1) is 0 Å². The number of hydrogen-bond donors (Lipinski definition) is 2. The molecule has 2 N–H and O–H groups in total. The van der Waals surface area contributed by atoms with Crippen LogP contribution in [-0.2, 0) is 14.8 Å². The maximum Gasteiger partial charge on any atom is 0.261 e. The minimum Gasteiger partial charge on any atom is -0.497 e. The van der Waals surface area contributed by atoms with Crippen molar-refractivity contribution in [1.29, 1.82) is 0 Å². The highest BCUT2D eigenvalue weighted by Crippen LogP contribution is 2.20. The quantitative estimate of drug-likeness (QED) is 0.523. The Hall–Kier alpha value is -3.58. The zero-order chi connectivity index (χ0) is 22.4. The summed E-state index contributed by atoms with van der Waals surface area (Å²) >= 11 is 0. The second kappa shape index (κ2) is 9.49. The van der Waals surface area contributed by atoms with Crippen LogP contribution in [0, 0.1) is 13.8 Å². The van der Waals surface area contributed by atoms with Crippen molar-refractivity contribution >= 4 is 33.4 Å². The number of nitrogens with one attached hydrogen (secondary N) is 2. The number of ether oxygens (including phenoxy) is 1. The lowest BCUT2D eigenvalue weighted by Gasteiger charge is -2.10. The lowest BCUT2D eigenvalue weighted by atomic mass is 10.1. The van der Waals surface area contributed by atoms with E-state index in [2.05, 4.69) is 10.0 Å². The summed E-state index contributed by atoms with van der Waals surface area (Å²) in [4.78, 5) is 12.2. The van der Waals surface area contributed by atoms with E-state index in [9.17, 15) is 13.2 Å². The standard InChI is InChI=1S/C24H24N2O4S/c1-17-4-8-21(16-18(17)2)26-31(28,29)23-13-9-20(10-14-23)25-24(27)15-7-19-5-11-22(30-3)12-6-19/h4-16,26H,1-3H3,(H,25,27)/b15-7+. The van der Waals surface area contributed by atoms with E-state index in [4.69, 9.17) is 4.74 Å². The van der Waals surface area contributed by atoms with Crippen molar-refractivity contribution in [2.24, 2.45) is 0 Å². The fourth-order valence-electron chi connectivity index (χ4n) is 2.81. The van der Waals surface area contributed by atoms with Gasteiger partial charge >= 0.3 is 0 Å². The molecule has 0 saturated carbocycles. The first-order valence-corrected chi connectivity index (χ1v) is 11.1. The highest BCUT2D eigenvalue weighted by molar-refractivity contribution is 7.92. The molecule has 1 amide bonds. The molecule has 0 atom stereocenters. The molecule has 31 heavy (non-hydrogen) atoms. The summed E-state index contributed by atoms with van der Waals surface area (Å²) in [5.74, 6) is 0.420. The Kier molecular flexibility index (Phi) is 6.77. The molecule has 6 nitrogen and oxygen atoms in total. The van der Waals surface area contributed by atoms with Crippen LogP contribution in [0.5, 0.6) is 5.75 Å². The van der Waals surface area contributed by atoms with Crippen LogP contribution in [0.1, 0.15) is 16.7 Å². The topological polar surface area (TPSA) is 84.5 Å². The first-order chi connectivity index (χ1) is 14.8. The number of amides is 1. The summed E-state index contributed by atoms with van der Waals surface area (Å²) in [7, 11) is -2.14. The second-order valence-corrected chi connectivity index (χ2v) is 8.71. The Balaban J connectivity index is 1.63. The normalized spacial score (nSPS) is 11.3. The van der Waals surface area contributed by atoms with Gasteiger partial charge in [0.25, 0.3) is 10.0 Å². The Morgan fingerprint density at radius 1 is 0.871 bits per heavy atom. The summed E-state index contributed by atoms with van der Waals surface area (Å²) in [6.07, 6.45) is 3.09. The van der Waals surface area contributed by atoms with Crippen molar-refractivity contribution in [3.63, 3.8) is 0 Å². The van der Waals surface area contributed by atoms with E-state index in [1.54, 1.807) is 37.5 Å². The molecular weight excluding hydrogens is 412 g/mol. The van der Waals surface area contributed by atoms with Crippen LogP contribution in [0.25, 0.3) is 6.08 Å². The molecule has 0 saturated heterocycles. The molecule has 160 valence electrons. The lowest BCUT2D eigenvalue weighted by Crippen LogP contribution is -2.13. The first-order valence-electron chi connectivity index (χ1n) is 9.60. The number of sulfonamides is 1.